The van der Waals surface area contributed by atoms with Crippen LogP contribution in [0.25, 0.3) is 0 Å². The molecule has 2 aliphatic rings. The summed E-state index contributed by atoms with van der Waals surface area (Å²) in [5, 5.41) is 11.8. The van der Waals surface area contributed by atoms with Crippen LogP contribution in [0.15, 0.2) is 0 Å². The fourth-order valence-electron chi connectivity index (χ4n) is 3.17. The van der Waals surface area contributed by atoms with Crippen molar-refractivity contribution in [1.82, 2.24) is 10.2 Å². The number of carbonyl (C=O) groups is 2. The molecule has 6 nitrogen and oxygen atoms in total. The molecule has 2 rings (SSSR count). The topological polar surface area (TPSA) is 78.9 Å². The van der Waals surface area contributed by atoms with Crippen molar-refractivity contribution in [3.8, 4) is 0 Å². The molecule has 1 saturated carbocycles. The number of rotatable bonds is 5. The molecule has 1 heterocycles. The lowest BCUT2D eigenvalue weighted by Crippen LogP contribution is -2.54. The van der Waals surface area contributed by atoms with Gasteiger partial charge in [0, 0.05) is 31.6 Å². The van der Waals surface area contributed by atoms with Gasteiger partial charge >= 0.3 is 12.1 Å². The number of amides is 1. The molecule has 0 spiro atoms. The predicted molar refractivity (Wildman–Crippen MR) is 73.4 cm³/mol. The summed E-state index contributed by atoms with van der Waals surface area (Å²) in [6.45, 7) is 3.79. The fourth-order valence-corrected chi connectivity index (χ4v) is 3.17. The van der Waals surface area contributed by atoms with E-state index >= 15 is 0 Å². The summed E-state index contributed by atoms with van der Waals surface area (Å²) >= 11 is 0. The van der Waals surface area contributed by atoms with Crippen LogP contribution < -0.4 is 5.32 Å². The van der Waals surface area contributed by atoms with E-state index < -0.39 is 12.1 Å². The van der Waals surface area contributed by atoms with Gasteiger partial charge in [0.05, 0.1) is 7.11 Å². The molecular formula is C14H24N2O4. The summed E-state index contributed by atoms with van der Waals surface area (Å²) in [5.41, 5.74) is 0. The zero-order valence-electron chi connectivity index (χ0n) is 12.2. The minimum Gasteiger partial charge on any atom is -0.481 e. The number of nitrogens with zero attached hydrogens (tertiary/aromatic N) is 1. The van der Waals surface area contributed by atoms with Gasteiger partial charge in [0.15, 0.2) is 0 Å². The first-order valence-corrected chi connectivity index (χ1v) is 7.30. The highest BCUT2D eigenvalue weighted by molar-refractivity contribution is 5.68. The zero-order valence-corrected chi connectivity index (χ0v) is 12.2. The van der Waals surface area contributed by atoms with Crippen molar-refractivity contribution in [1.29, 1.82) is 0 Å². The Bertz CT molecular complexity index is 370. The van der Waals surface area contributed by atoms with E-state index in [0.717, 1.165) is 19.0 Å². The second kappa shape index (κ2) is 6.43. The van der Waals surface area contributed by atoms with Gasteiger partial charge in [-0.25, -0.2) is 4.79 Å². The Morgan fingerprint density at radius 2 is 2.10 bits per heavy atom. The molecule has 1 aliphatic carbocycles. The van der Waals surface area contributed by atoms with Crippen LogP contribution in [0, 0.1) is 11.8 Å². The Kier molecular flexibility index (Phi) is 4.86. The molecule has 1 aliphatic heterocycles. The van der Waals surface area contributed by atoms with E-state index in [2.05, 4.69) is 21.9 Å². The quantitative estimate of drug-likeness (QED) is 0.795. The van der Waals surface area contributed by atoms with Crippen molar-refractivity contribution < 1.29 is 19.4 Å². The van der Waals surface area contributed by atoms with Gasteiger partial charge in [-0.1, -0.05) is 0 Å². The lowest BCUT2D eigenvalue weighted by Gasteiger charge is -2.40. The molecule has 20 heavy (non-hydrogen) atoms. The maximum Gasteiger partial charge on any atom is 0.407 e. The first-order chi connectivity index (χ1) is 9.49. The Hall–Kier alpha value is -1.30. The SMILES string of the molecule is COC(=O)NC1CC(CC(=O)O)CN(C(C)C2CC2)C1. The summed E-state index contributed by atoms with van der Waals surface area (Å²) in [5.74, 6) is 0.0507. The third kappa shape index (κ3) is 4.10. The van der Waals surface area contributed by atoms with Gasteiger partial charge in [-0.2, -0.15) is 0 Å². The number of ether oxygens (including phenoxy) is 1. The largest absolute Gasteiger partial charge is 0.481 e. The monoisotopic (exact) mass is 284 g/mol. The number of nitrogens with one attached hydrogen (secondary N) is 1. The van der Waals surface area contributed by atoms with Gasteiger partial charge in [-0.15, -0.1) is 0 Å². The molecule has 1 saturated heterocycles. The minimum absolute atomic E-state index is 0.0262. The number of carbonyl (C=O) groups excluding carboxylic acids is 1. The van der Waals surface area contributed by atoms with Crippen LogP contribution in [0.2, 0.25) is 0 Å². The number of hydrogen-bond donors (Lipinski definition) is 2. The molecule has 0 aromatic carbocycles. The van der Waals surface area contributed by atoms with Crippen molar-refractivity contribution in [3.05, 3.63) is 0 Å². The maximum atomic E-state index is 11.4. The average molecular weight is 284 g/mol. The second-order valence-corrected chi connectivity index (χ2v) is 6.06. The van der Waals surface area contributed by atoms with E-state index in [0.29, 0.717) is 12.5 Å². The highest BCUT2D eigenvalue weighted by Gasteiger charge is 2.37. The highest BCUT2D eigenvalue weighted by Crippen LogP contribution is 2.36. The molecule has 3 atom stereocenters. The Balaban J connectivity index is 1.97. The normalized spacial score (nSPS) is 28.7. The molecule has 2 fully saturated rings. The predicted octanol–water partition coefficient (Wildman–Crippen LogP) is 1.31. The van der Waals surface area contributed by atoms with Gasteiger partial charge in [0.2, 0.25) is 0 Å². The standard InChI is InChI=1S/C14H24N2O4/c1-9(11-3-4-11)16-7-10(6-13(17)18)5-12(8-16)15-14(19)20-2/h9-12H,3-8H2,1-2H3,(H,15,19)(H,17,18). The number of piperidine rings is 1. The summed E-state index contributed by atoms with van der Waals surface area (Å²) in [6.07, 6.45) is 2.94. The molecule has 1 amide bonds. The van der Waals surface area contributed by atoms with E-state index in [1.807, 2.05) is 0 Å². The van der Waals surface area contributed by atoms with Crippen molar-refractivity contribution in [3.63, 3.8) is 0 Å². The number of alkyl carbamates (subject to hydrolysis) is 1. The average Bonchev–Trinajstić information content (AvgIpc) is 3.20. The number of aliphatic carboxylic acids is 1. The van der Waals surface area contributed by atoms with Crippen LogP contribution >= 0.6 is 0 Å². The summed E-state index contributed by atoms with van der Waals surface area (Å²) < 4.78 is 4.64. The molecule has 0 aromatic rings. The number of methoxy groups -OCH3 is 1. The Labute approximate surface area is 119 Å². The van der Waals surface area contributed by atoms with Crippen molar-refractivity contribution in [2.45, 2.75) is 44.7 Å². The summed E-state index contributed by atoms with van der Waals surface area (Å²) in [4.78, 5) is 24.6. The lowest BCUT2D eigenvalue weighted by molar-refractivity contribution is -0.138. The fraction of sp³-hybridized carbons (Fsp3) is 0.857. The zero-order chi connectivity index (χ0) is 14.7. The number of hydrogen-bond acceptors (Lipinski definition) is 4. The van der Waals surface area contributed by atoms with E-state index in [4.69, 9.17) is 5.11 Å². The second-order valence-electron chi connectivity index (χ2n) is 6.06. The van der Waals surface area contributed by atoms with Crippen molar-refractivity contribution >= 4 is 12.1 Å². The molecule has 0 radical (unpaired) electrons. The van der Waals surface area contributed by atoms with Crippen molar-refractivity contribution in [2.24, 2.45) is 11.8 Å². The van der Waals surface area contributed by atoms with Crippen LogP contribution in [-0.2, 0) is 9.53 Å². The van der Waals surface area contributed by atoms with Gasteiger partial charge < -0.3 is 15.2 Å². The van der Waals surface area contributed by atoms with Gasteiger partial charge in [-0.05, 0) is 38.0 Å². The van der Waals surface area contributed by atoms with Crippen LogP contribution in [0.1, 0.15) is 32.6 Å². The Morgan fingerprint density at radius 3 is 2.65 bits per heavy atom. The molecule has 3 unspecified atom stereocenters. The molecule has 114 valence electrons. The third-order valence-electron chi connectivity index (χ3n) is 4.42. The summed E-state index contributed by atoms with van der Waals surface area (Å²) in [7, 11) is 1.34. The van der Waals surface area contributed by atoms with E-state index in [1.54, 1.807) is 0 Å². The molecule has 0 bridgehead atoms. The molecule has 2 N–H and O–H groups in total. The van der Waals surface area contributed by atoms with Crippen molar-refractivity contribution in [2.75, 3.05) is 20.2 Å². The van der Waals surface area contributed by atoms with E-state index in [-0.39, 0.29) is 18.4 Å². The number of carboxylic acids is 1. The smallest absolute Gasteiger partial charge is 0.407 e. The lowest BCUT2D eigenvalue weighted by atomic mass is 9.90. The van der Waals surface area contributed by atoms with Gasteiger partial charge in [-0.3, -0.25) is 9.69 Å². The van der Waals surface area contributed by atoms with Gasteiger partial charge in [0.25, 0.3) is 0 Å². The van der Waals surface area contributed by atoms with Crippen LogP contribution in [0.4, 0.5) is 4.79 Å². The molecular weight excluding hydrogens is 260 g/mol. The van der Waals surface area contributed by atoms with E-state index in [1.165, 1.54) is 20.0 Å². The first kappa shape index (κ1) is 15.1. The van der Waals surface area contributed by atoms with E-state index in [9.17, 15) is 9.59 Å². The van der Waals surface area contributed by atoms with Crippen LogP contribution in [0.5, 0.6) is 0 Å². The summed E-state index contributed by atoms with van der Waals surface area (Å²) in [6, 6.07) is 0.440. The first-order valence-electron chi connectivity index (χ1n) is 7.30. The Morgan fingerprint density at radius 1 is 1.40 bits per heavy atom. The van der Waals surface area contributed by atoms with Gasteiger partial charge in [0.1, 0.15) is 0 Å². The number of likely N-dealkylation sites (tertiary alicyclic amines) is 1. The number of carboxylic acid groups (broad SMARTS) is 1. The van der Waals surface area contributed by atoms with Crippen LogP contribution in [-0.4, -0.2) is 54.4 Å². The highest BCUT2D eigenvalue weighted by atomic mass is 16.5. The minimum atomic E-state index is -0.771. The molecule has 0 aromatic heterocycles. The third-order valence-corrected chi connectivity index (χ3v) is 4.42. The molecule has 6 heteroatoms. The maximum absolute atomic E-state index is 11.4. The van der Waals surface area contributed by atoms with Crippen LogP contribution in [0.3, 0.4) is 0 Å².